The molecular weight excluding hydrogens is 422 g/mol. The average Bonchev–Trinajstić information content (AvgIpc) is 3.22. The summed E-state index contributed by atoms with van der Waals surface area (Å²) in [6.45, 7) is 0. The van der Waals surface area contributed by atoms with E-state index in [1.165, 1.54) is 13.2 Å². The first-order chi connectivity index (χ1) is 13.8. The van der Waals surface area contributed by atoms with Gasteiger partial charge in [-0.3, -0.25) is 4.79 Å². The molecule has 150 valence electrons. The molecule has 0 saturated carbocycles. The molecule has 2 amide bonds. The number of amides is 2. The molecule has 0 bridgehead atoms. The van der Waals surface area contributed by atoms with Gasteiger partial charge in [0.15, 0.2) is 0 Å². The van der Waals surface area contributed by atoms with E-state index in [4.69, 9.17) is 0 Å². The van der Waals surface area contributed by atoms with Gasteiger partial charge in [0.1, 0.15) is 5.69 Å². The minimum Gasteiger partial charge on any atom is -0.871 e. The minimum absolute atomic E-state index is 0. The Kier molecular flexibility index (Phi) is 10.6. The van der Waals surface area contributed by atoms with Crippen LogP contribution in [0.3, 0.4) is 0 Å². The summed E-state index contributed by atoms with van der Waals surface area (Å²) in [7, 11) is 1.44. The maximum atomic E-state index is 12.4. The van der Waals surface area contributed by atoms with Crippen LogP contribution in [-0.2, 0) is 11.8 Å². The normalized spacial score (nSPS) is 10.9. The Hall–Kier alpha value is -2.01. The van der Waals surface area contributed by atoms with E-state index in [-0.39, 0.29) is 59.1 Å². The van der Waals surface area contributed by atoms with E-state index < -0.39 is 41.5 Å². The summed E-state index contributed by atoms with van der Waals surface area (Å²) in [6, 6.07) is 10.00. The van der Waals surface area contributed by atoms with E-state index in [1.807, 2.05) is 35.2 Å². The van der Waals surface area contributed by atoms with E-state index in [2.05, 4.69) is 10.6 Å². The van der Waals surface area contributed by atoms with Gasteiger partial charge in [0, 0.05) is 43.7 Å². The summed E-state index contributed by atoms with van der Waals surface area (Å²) in [6.07, 6.45) is 4.46. The Morgan fingerprint density at radius 1 is 1.06 bits per heavy atom. The molecule has 0 saturated heterocycles. The standard InChI is InChI=1S/C20H20N4O5.2Na/c1-23-10-7-16(25)18(19(23)28)22-20(29)21-15(12-17(26)27)13-5-4-6-14(11-13)24-8-2-3-9-24;;/h2-11,15,25H,12H2,1H3,(H,26,27)(H2,21,22,29);;/q;2*+1/p-2/t15-;;/m0../s1. The van der Waals surface area contributed by atoms with Crippen molar-refractivity contribution in [2.24, 2.45) is 7.05 Å². The van der Waals surface area contributed by atoms with Crippen LogP contribution < -0.4 is 85.5 Å². The van der Waals surface area contributed by atoms with E-state index >= 15 is 0 Å². The van der Waals surface area contributed by atoms with Gasteiger partial charge in [-0.1, -0.05) is 23.9 Å². The number of aryl methyl sites for hydroxylation is 1. The van der Waals surface area contributed by atoms with E-state index in [1.54, 1.807) is 18.2 Å². The van der Waals surface area contributed by atoms with Crippen LogP contribution in [0, 0.1) is 0 Å². The zero-order chi connectivity index (χ0) is 21.0. The fourth-order valence-electron chi connectivity index (χ4n) is 2.86. The van der Waals surface area contributed by atoms with Gasteiger partial charge in [-0.05, 0) is 29.8 Å². The summed E-state index contributed by atoms with van der Waals surface area (Å²) in [5, 5.41) is 27.8. The molecule has 11 heteroatoms. The molecule has 1 atom stereocenters. The van der Waals surface area contributed by atoms with Crippen molar-refractivity contribution in [3.63, 3.8) is 0 Å². The van der Waals surface area contributed by atoms with Crippen molar-refractivity contribution in [3.05, 3.63) is 77.0 Å². The number of carbonyl (C=O) groups excluding carboxylic acids is 2. The fourth-order valence-corrected chi connectivity index (χ4v) is 2.86. The second-order valence-corrected chi connectivity index (χ2v) is 6.38. The van der Waals surface area contributed by atoms with Crippen molar-refractivity contribution >= 4 is 17.7 Å². The van der Waals surface area contributed by atoms with Crippen molar-refractivity contribution in [1.82, 2.24) is 14.5 Å². The largest absolute Gasteiger partial charge is 1.00 e. The van der Waals surface area contributed by atoms with Crippen molar-refractivity contribution in [2.45, 2.75) is 12.5 Å². The molecule has 3 rings (SSSR count). The zero-order valence-corrected chi connectivity index (χ0v) is 21.5. The fraction of sp³-hybridized carbons (Fsp3) is 0.150. The maximum absolute atomic E-state index is 12.4. The third kappa shape index (κ3) is 6.99. The number of rotatable bonds is 6. The number of aliphatic carboxylic acids is 1. The first-order valence-corrected chi connectivity index (χ1v) is 8.72. The summed E-state index contributed by atoms with van der Waals surface area (Å²) in [4.78, 5) is 35.6. The number of urea groups is 1. The van der Waals surface area contributed by atoms with Crippen LogP contribution in [0.25, 0.3) is 5.69 Å². The molecule has 2 N–H and O–H groups in total. The van der Waals surface area contributed by atoms with Gasteiger partial charge in [0.2, 0.25) is 0 Å². The molecule has 2 heterocycles. The number of carboxylic acids is 1. The quantitative estimate of drug-likeness (QED) is 0.369. The predicted octanol–water partition coefficient (Wildman–Crippen LogP) is -5.74. The summed E-state index contributed by atoms with van der Waals surface area (Å²) >= 11 is 0. The van der Waals surface area contributed by atoms with Gasteiger partial charge in [0.05, 0.1) is 6.04 Å². The van der Waals surface area contributed by atoms with Crippen molar-refractivity contribution in [1.29, 1.82) is 0 Å². The SMILES string of the molecule is Cn1ccc([O-])c(NC(=O)N[C@@H](CC(=O)[O-])c2cccc(-n3cccc3)c2)c1=O.[Na+].[Na+]. The van der Waals surface area contributed by atoms with Crippen LogP contribution in [0.1, 0.15) is 18.0 Å². The van der Waals surface area contributed by atoms with Crippen LogP contribution >= 0.6 is 0 Å². The van der Waals surface area contributed by atoms with E-state index in [0.717, 1.165) is 16.3 Å². The second-order valence-electron chi connectivity index (χ2n) is 6.38. The molecular formula is C20H18N4Na2O5. The molecule has 3 aromatic rings. The Bertz CT molecular complexity index is 1100. The van der Waals surface area contributed by atoms with Crippen LogP contribution in [0.4, 0.5) is 10.5 Å². The first-order valence-electron chi connectivity index (χ1n) is 8.72. The molecule has 0 aliphatic carbocycles. The molecule has 9 nitrogen and oxygen atoms in total. The molecule has 1 aromatic carbocycles. The Morgan fingerprint density at radius 2 is 1.74 bits per heavy atom. The number of hydrogen-bond acceptors (Lipinski definition) is 5. The molecule has 0 radical (unpaired) electrons. The smallest absolute Gasteiger partial charge is 0.871 e. The van der Waals surface area contributed by atoms with Crippen molar-refractivity contribution in [2.75, 3.05) is 5.32 Å². The van der Waals surface area contributed by atoms with Crippen molar-refractivity contribution < 1.29 is 78.9 Å². The predicted molar refractivity (Wildman–Crippen MR) is 101 cm³/mol. The maximum Gasteiger partial charge on any atom is 1.00 e. The molecule has 0 aliphatic rings. The van der Waals surface area contributed by atoms with Crippen LogP contribution in [0.5, 0.6) is 5.75 Å². The third-order valence-electron chi connectivity index (χ3n) is 4.32. The average molecular weight is 440 g/mol. The molecule has 0 unspecified atom stereocenters. The van der Waals surface area contributed by atoms with Gasteiger partial charge in [-0.2, -0.15) is 0 Å². The number of aromatic nitrogens is 2. The van der Waals surface area contributed by atoms with Gasteiger partial charge >= 0.3 is 65.1 Å². The Labute approximate surface area is 222 Å². The van der Waals surface area contributed by atoms with Gasteiger partial charge in [-0.25, -0.2) is 4.79 Å². The molecule has 0 spiro atoms. The number of pyridine rings is 1. The van der Waals surface area contributed by atoms with E-state index in [0.29, 0.717) is 5.56 Å². The number of nitrogens with zero attached hydrogens (tertiary/aromatic N) is 2. The Balaban J connectivity index is 0.00000240. The second kappa shape index (κ2) is 12.1. The topological polar surface area (TPSA) is 131 Å². The van der Waals surface area contributed by atoms with Gasteiger partial charge < -0.3 is 34.8 Å². The van der Waals surface area contributed by atoms with Crippen LogP contribution in [0.2, 0.25) is 0 Å². The van der Waals surface area contributed by atoms with Crippen LogP contribution in [-0.4, -0.2) is 21.1 Å². The molecule has 0 aliphatic heterocycles. The summed E-state index contributed by atoms with van der Waals surface area (Å²) in [5.74, 6) is -2.00. The number of carbonyl (C=O) groups is 2. The van der Waals surface area contributed by atoms with Crippen molar-refractivity contribution in [3.8, 4) is 11.4 Å². The minimum atomic E-state index is -1.36. The molecule has 31 heavy (non-hydrogen) atoms. The number of carboxylic acid groups (broad SMARTS) is 1. The number of anilines is 1. The first kappa shape index (κ1) is 27.0. The molecule has 2 aromatic heterocycles. The van der Waals surface area contributed by atoms with Gasteiger partial charge in [-0.15, -0.1) is 0 Å². The number of benzene rings is 1. The zero-order valence-electron chi connectivity index (χ0n) is 17.5. The molecule has 0 fully saturated rings. The Morgan fingerprint density at radius 3 is 2.39 bits per heavy atom. The monoisotopic (exact) mass is 440 g/mol. The van der Waals surface area contributed by atoms with Crippen LogP contribution in [0.15, 0.2) is 65.8 Å². The number of hydrogen-bond donors (Lipinski definition) is 2. The third-order valence-corrected chi connectivity index (χ3v) is 4.32. The van der Waals surface area contributed by atoms with Gasteiger partial charge in [0.25, 0.3) is 5.56 Å². The van der Waals surface area contributed by atoms with E-state index in [9.17, 15) is 24.6 Å². The summed E-state index contributed by atoms with van der Waals surface area (Å²) < 4.78 is 2.98. The number of nitrogens with one attached hydrogen (secondary N) is 2. The summed E-state index contributed by atoms with van der Waals surface area (Å²) in [5.41, 5.74) is 0.218.